The molecule has 0 nitrogen and oxygen atoms in total. The zero-order valence-electron chi connectivity index (χ0n) is 2.63. The number of rotatable bonds is 1. The Hall–Kier alpha value is 1.82. The molecule has 0 aliphatic carbocycles. The van der Waals surface area contributed by atoms with E-state index in [4.69, 9.17) is 0 Å². The molecule has 0 aromatic carbocycles. The maximum absolute atomic E-state index is 2.80. The summed E-state index contributed by atoms with van der Waals surface area (Å²) in [6, 6.07) is 0. The van der Waals surface area contributed by atoms with Crippen LogP contribution >= 0.6 is 0 Å². The first-order valence-corrected chi connectivity index (χ1v) is 4.49. The molecule has 0 saturated heterocycles. The van der Waals surface area contributed by atoms with E-state index < -0.39 is 0 Å². The SMILES string of the molecule is [Se]C(=[Se])C([Se])=[Se]. The van der Waals surface area contributed by atoms with E-state index in [2.05, 4.69) is 63.2 Å². The second kappa shape index (κ2) is 3.78. The molecule has 32 valence electrons. The summed E-state index contributed by atoms with van der Waals surface area (Å²) in [6.45, 7) is 0. The van der Waals surface area contributed by atoms with Gasteiger partial charge >= 0.3 is 69.8 Å². The number of hydrogen-bond donors (Lipinski definition) is 0. The van der Waals surface area contributed by atoms with Crippen molar-refractivity contribution in [3.63, 3.8) is 0 Å². The van der Waals surface area contributed by atoms with Crippen LogP contribution < -0.4 is 0 Å². The van der Waals surface area contributed by atoms with E-state index in [0.717, 1.165) is 6.63 Å². The topological polar surface area (TPSA) is 0 Å². The third-order valence-electron chi connectivity index (χ3n) is 0.167. The fourth-order valence-electron chi connectivity index (χ4n) is 0. The van der Waals surface area contributed by atoms with Crippen LogP contribution in [0.25, 0.3) is 0 Å². The summed E-state index contributed by atoms with van der Waals surface area (Å²) >= 11 is 11.2. The zero-order chi connectivity index (χ0) is 5.15. The molecular weight excluding hydrogens is 340 g/mol. The van der Waals surface area contributed by atoms with Crippen molar-refractivity contribution in [1.29, 1.82) is 0 Å². The van der Waals surface area contributed by atoms with Gasteiger partial charge in [-0.1, -0.05) is 0 Å². The van der Waals surface area contributed by atoms with Gasteiger partial charge in [0.15, 0.2) is 0 Å². The van der Waals surface area contributed by atoms with Gasteiger partial charge in [-0.25, -0.2) is 0 Å². The Morgan fingerprint density at radius 1 is 0.833 bits per heavy atom. The van der Waals surface area contributed by atoms with Crippen LogP contribution in [0.3, 0.4) is 0 Å². The summed E-state index contributed by atoms with van der Waals surface area (Å²) in [6.07, 6.45) is 0. The first-order chi connectivity index (χ1) is 2.64. The molecule has 4 heteroatoms. The van der Waals surface area contributed by atoms with Crippen LogP contribution in [-0.4, -0.2) is 69.8 Å². The fourth-order valence-corrected chi connectivity index (χ4v) is 0. The Labute approximate surface area is 69.2 Å². The summed E-state index contributed by atoms with van der Waals surface area (Å²) in [5.41, 5.74) is 0. The first kappa shape index (κ1) is 7.82. The molecular formula is C2Se4. The standard InChI is InChI=1S/C2Se4/c3-1(4)2(5)6. The molecule has 0 aromatic rings. The summed E-state index contributed by atoms with van der Waals surface area (Å²) < 4.78 is 2.13. The summed E-state index contributed by atoms with van der Waals surface area (Å²) in [5, 5.41) is 0. The normalized spacial score (nSPS) is 7.33. The number of hydrogen-bond acceptors (Lipinski definition) is 0. The molecule has 0 spiro atoms. The van der Waals surface area contributed by atoms with Crippen molar-refractivity contribution in [3.05, 3.63) is 0 Å². The minimum absolute atomic E-state index is 1.06. The second-order valence-corrected chi connectivity index (χ2v) is 6.62. The van der Waals surface area contributed by atoms with Crippen molar-refractivity contribution in [2.24, 2.45) is 0 Å². The Morgan fingerprint density at radius 2 is 1.00 bits per heavy atom. The molecule has 0 fully saturated rings. The Bertz CT molecular complexity index is 71.5. The molecule has 0 unspecified atom stereocenters. The molecule has 0 aliphatic heterocycles. The van der Waals surface area contributed by atoms with Gasteiger partial charge in [-0.3, -0.25) is 0 Å². The van der Waals surface area contributed by atoms with Crippen LogP contribution in [0, 0.1) is 0 Å². The van der Waals surface area contributed by atoms with Crippen molar-refractivity contribution < 1.29 is 0 Å². The van der Waals surface area contributed by atoms with Gasteiger partial charge in [-0.2, -0.15) is 0 Å². The monoisotopic (exact) mass is 344 g/mol. The molecule has 2 radical (unpaired) electrons. The molecule has 0 amide bonds. The van der Waals surface area contributed by atoms with Crippen LogP contribution in [0.1, 0.15) is 0 Å². The van der Waals surface area contributed by atoms with Gasteiger partial charge in [-0.15, -0.1) is 0 Å². The molecule has 0 N–H and O–H groups in total. The van der Waals surface area contributed by atoms with E-state index in [1.807, 2.05) is 0 Å². The third kappa shape index (κ3) is 3.99. The molecule has 0 aliphatic rings. The van der Waals surface area contributed by atoms with E-state index in [9.17, 15) is 0 Å². The van der Waals surface area contributed by atoms with E-state index in [-0.39, 0.29) is 0 Å². The molecule has 0 heterocycles. The van der Waals surface area contributed by atoms with Gasteiger partial charge in [0.2, 0.25) is 0 Å². The van der Waals surface area contributed by atoms with Gasteiger partial charge in [0.1, 0.15) is 0 Å². The third-order valence-corrected chi connectivity index (χ3v) is 4.50. The van der Waals surface area contributed by atoms with Crippen LogP contribution in [0.2, 0.25) is 0 Å². The fraction of sp³-hybridized carbons (Fsp3) is 0. The molecule has 0 rings (SSSR count). The van der Waals surface area contributed by atoms with Crippen LogP contribution in [0.4, 0.5) is 0 Å². The predicted octanol–water partition coefficient (Wildman–Crippen LogP) is -2.08. The van der Waals surface area contributed by atoms with Crippen LogP contribution in [-0.2, 0) is 0 Å². The van der Waals surface area contributed by atoms with Gasteiger partial charge < -0.3 is 0 Å². The van der Waals surface area contributed by atoms with E-state index in [1.54, 1.807) is 0 Å². The van der Waals surface area contributed by atoms with E-state index >= 15 is 0 Å². The minimum atomic E-state index is 1.06. The molecule has 0 aromatic heterocycles. The van der Waals surface area contributed by atoms with Gasteiger partial charge in [0.25, 0.3) is 0 Å². The van der Waals surface area contributed by atoms with Gasteiger partial charge in [-0.05, 0) is 0 Å². The molecule has 0 bridgehead atoms. The average Bonchev–Trinajstić information content (AvgIpc) is 1.36. The van der Waals surface area contributed by atoms with Crippen molar-refractivity contribution >= 4 is 69.8 Å². The van der Waals surface area contributed by atoms with Gasteiger partial charge in [0.05, 0.1) is 0 Å². The Morgan fingerprint density at radius 3 is 1.00 bits per heavy atom. The summed E-state index contributed by atoms with van der Waals surface area (Å²) in [5.74, 6) is 0. The van der Waals surface area contributed by atoms with E-state index in [0.29, 0.717) is 0 Å². The van der Waals surface area contributed by atoms with E-state index in [1.165, 1.54) is 0 Å². The molecule has 0 atom stereocenters. The van der Waals surface area contributed by atoms with Crippen molar-refractivity contribution in [1.82, 2.24) is 0 Å². The predicted molar refractivity (Wildman–Crippen MR) is 33.0 cm³/mol. The van der Waals surface area contributed by atoms with Crippen LogP contribution in [0.15, 0.2) is 0 Å². The van der Waals surface area contributed by atoms with Crippen LogP contribution in [0.5, 0.6) is 0 Å². The summed E-state index contributed by atoms with van der Waals surface area (Å²) in [7, 11) is 0. The van der Waals surface area contributed by atoms with Crippen molar-refractivity contribution in [2.45, 2.75) is 0 Å². The molecule has 6 heavy (non-hydrogen) atoms. The first-order valence-electron chi connectivity index (χ1n) is 1.07. The summed E-state index contributed by atoms with van der Waals surface area (Å²) in [4.78, 5) is 0. The zero-order valence-corrected chi connectivity index (χ0v) is 9.49. The van der Waals surface area contributed by atoms with Gasteiger partial charge in [0, 0.05) is 0 Å². The van der Waals surface area contributed by atoms with Crippen molar-refractivity contribution in [2.75, 3.05) is 0 Å². The second-order valence-electron chi connectivity index (χ2n) is 0.575. The average molecular weight is 340 g/mol. The Kier molecular flexibility index (Phi) is 4.92. The molecule has 0 saturated carbocycles. The quantitative estimate of drug-likeness (QED) is 0.481. The maximum atomic E-state index is 2.80. The Balaban J connectivity index is 3.57. The van der Waals surface area contributed by atoms with Crippen molar-refractivity contribution in [3.8, 4) is 0 Å².